The molecule has 1 heterocycles. The van der Waals surface area contributed by atoms with Gasteiger partial charge in [-0.1, -0.05) is 41.4 Å². The van der Waals surface area contributed by atoms with Gasteiger partial charge in [0, 0.05) is 18.7 Å². The molecule has 1 saturated heterocycles. The molecule has 0 aliphatic carbocycles. The van der Waals surface area contributed by atoms with E-state index in [2.05, 4.69) is 0 Å². The van der Waals surface area contributed by atoms with E-state index in [4.69, 9.17) is 27.9 Å². The molecular formula is C22H22Cl2N2O4. The number of halogens is 2. The lowest BCUT2D eigenvalue weighted by Crippen LogP contribution is -2.35. The third-order valence-corrected chi connectivity index (χ3v) is 5.67. The SMILES string of the molecule is COc1cccc(/C(O)=C2\C(=O)C(=O)N(CCN(C)C)[C@@H]2c2ccc(Cl)c(Cl)c2)c1. The molecule has 1 atom stereocenters. The lowest BCUT2D eigenvalue weighted by molar-refractivity contribution is -0.140. The first-order valence-electron chi connectivity index (χ1n) is 9.27. The minimum absolute atomic E-state index is 0.00500. The number of hydrogen-bond acceptors (Lipinski definition) is 5. The molecule has 30 heavy (non-hydrogen) atoms. The third-order valence-electron chi connectivity index (χ3n) is 4.93. The number of carbonyl (C=O) groups excluding carboxylic acids is 2. The van der Waals surface area contributed by atoms with Crippen molar-refractivity contribution >= 4 is 40.7 Å². The Balaban J connectivity index is 2.17. The minimum Gasteiger partial charge on any atom is -0.507 e. The highest BCUT2D eigenvalue weighted by Crippen LogP contribution is 2.41. The Hall–Kier alpha value is -2.54. The number of benzene rings is 2. The van der Waals surface area contributed by atoms with Gasteiger partial charge in [-0.2, -0.15) is 0 Å². The van der Waals surface area contributed by atoms with Crippen molar-refractivity contribution in [3.05, 3.63) is 69.2 Å². The van der Waals surface area contributed by atoms with Crippen molar-refractivity contribution in [2.75, 3.05) is 34.3 Å². The lowest BCUT2D eigenvalue weighted by atomic mass is 9.95. The molecule has 0 spiro atoms. The number of methoxy groups -OCH3 is 1. The van der Waals surface area contributed by atoms with Gasteiger partial charge in [-0.15, -0.1) is 0 Å². The van der Waals surface area contributed by atoms with Crippen LogP contribution in [0.5, 0.6) is 5.75 Å². The monoisotopic (exact) mass is 448 g/mol. The van der Waals surface area contributed by atoms with Crippen molar-refractivity contribution in [2.24, 2.45) is 0 Å². The summed E-state index contributed by atoms with van der Waals surface area (Å²) < 4.78 is 5.21. The van der Waals surface area contributed by atoms with Crippen LogP contribution >= 0.6 is 23.2 Å². The quantitative estimate of drug-likeness (QED) is 0.411. The number of aliphatic hydroxyl groups excluding tert-OH is 1. The Morgan fingerprint density at radius 1 is 1.13 bits per heavy atom. The van der Waals surface area contributed by atoms with E-state index in [0.29, 0.717) is 40.0 Å². The van der Waals surface area contributed by atoms with Gasteiger partial charge in [-0.25, -0.2) is 0 Å². The summed E-state index contributed by atoms with van der Waals surface area (Å²) in [5.41, 5.74) is 0.974. The van der Waals surface area contributed by atoms with Crippen LogP contribution in [0.1, 0.15) is 17.2 Å². The maximum absolute atomic E-state index is 13.0. The van der Waals surface area contributed by atoms with Gasteiger partial charge in [0.2, 0.25) is 0 Å². The zero-order chi connectivity index (χ0) is 22.0. The van der Waals surface area contributed by atoms with E-state index >= 15 is 0 Å². The second-order valence-corrected chi connectivity index (χ2v) is 8.02. The Morgan fingerprint density at radius 3 is 2.50 bits per heavy atom. The van der Waals surface area contributed by atoms with Gasteiger partial charge in [0.25, 0.3) is 11.7 Å². The summed E-state index contributed by atoms with van der Waals surface area (Å²) in [6.45, 7) is 0.849. The molecule has 1 fully saturated rings. The Bertz CT molecular complexity index is 1020. The fraction of sp³-hybridized carbons (Fsp3) is 0.273. The van der Waals surface area contributed by atoms with Crippen LogP contribution in [0, 0.1) is 0 Å². The van der Waals surface area contributed by atoms with Crippen molar-refractivity contribution in [1.29, 1.82) is 0 Å². The van der Waals surface area contributed by atoms with Crippen LogP contribution in [0.15, 0.2) is 48.0 Å². The molecule has 6 nitrogen and oxygen atoms in total. The third kappa shape index (κ3) is 4.31. The average Bonchev–Trinajstić information content (AvgIpc) is 2.98. The maximum atomic E-state index is 13.0. The first-order valence-corrected chi connectivity index (χ1v) is 10.0. The number of hydrogen-bond donors (Lipinski definition) is 1. The molecule has 0 bridgehead atoms. The number of likely N-dealkylation sites (N-methyl/N-ethyl adjacent to an activating group) is 1. The molecule has 0 radical (unpaired) electrons. The molecule has 1 aliphatic rings. The van der Waals surface area contributed by atoms with Gasteiger partial charge in [0.1, 0.15) is 11.5 Å². The van der Waals surface area contributed by atoms with Crippen LogP contribution in [0.2, 0.25) is 10.0 Å². The minimum atomic E-state index is -0.786. The Labute approximate surface area is 185 Å². The van der Waals surface area contributed by atoms with Crippen molar-refractivity contribution in [3.63, 3.8) is 0 Å². The highest BCUT2D eigenvalue weighted by molar-refractivity contribution is 6.46. The van der Waals surface area contributed by atoms with Crippen LogP contribution in [-0.2, 0) is 9.59 Å². The number of likely N-dealkylation sites (tertiary alicyclic amines) is 1. The van der Waals surface area contributed by atoms with Crippen molar-refractivity contribution in [2.45, 2.75) is 6.04 Å². The maximum Gasteiger partial charge on any atom is 0.295 e. The normalized spacial score (nSPS) is 18.3. The van der Waals surface area contributed by atoms with Crippen LogP contribution < -0.4 is 4.74 Å². The summed E-state index contributed by atoms with van der Waals surface area (Å²) in [5, 5.41) is 11.7. The fourth-order valence-corrected chi connectivity index (χ4v) is 3.68. The van der Waals surface area contributed by atoms with Gasteiger partial charge in [0.15, 0.2) is 0 Å². The molecule has 8 heteroatoms. The fourth-order valence-electron chi connectivity index (χ4n) is 3.37. The number of carbonyl (C=O) groups is 2. The van der Waals surface area contributed by atoms with Crippen molar-refractivity contribution in [1.82, 2.24) is 9.80 Å². The molecule has 2 aromatic carbocycles. The standard InChI is InChI=1S/C22H22Cl2N2O4/c1-25(2)9-10-26-19(13-7-8-16(23)17(24)12-13)18(21(28)22(26)29)20(27)14-5-4-6-15(11-14)30-3/h4-8,11-12,19,27H,9-10H2,1-3H3/b20-18+/t19-/m1/s1. The molecule has 0 saturated carbocycles. The topological polar surface area (TPSA) is 70.1 Å². The van der Waals surface area contributed by atoms with Crippen molar-refractivity contribution < 1.29 is 19.4 Å². The second-order valence-electron chi connectivity index (χ2n) is 7.20. The van der Waals surface area contributed by atoms with Gasteiger partial charge in [-0.3, -0.25) is 9.59 Å². The van der Waals surface area contributed by atoms with E-state index in [1.807, 2.05) is 19.0 Å². The van der Waals surface area contributed by atoms with Crippen LogP contribution in [0.3, 0.4) is 0 Å². The van der Waals surface area contributed by atoms with Gasteiger partial charge >= 0.3 is 0 Å². The molecule has 2 aromatic rings. The van der Waals surface area contributed by atoms with Gasteiger partial charge in [0.05, 0.1) is 28.8 Å². The van der Waals surface area contributed by atoms with Crippen LogP contribution in [0.25, 0.3) is 5.76 Å². The van der Waals surface area contributed by atoms with E-state index in [1.54, 1.807) is 42.5 Å². The molecule has 3 rings (SSSR count). The van der Waals surface area contributed by atoms with E-state index < -0.39 is 17.7 Å². The smallest absolute Gasteiger partial charge is 0.295 e. The Morgan fingerprint density at radius 2 is 1.87 bits per heavy atom. The lowest BCUT2D eigenvalue weighted by Gasteiger charge is -2.26. The van der Waals surface area contributed by atoms with E-state index in [9.17, 15) is 14.7 Å². The summed E-state index contributed by atoms with van der Waals surface area (Å²) in [7, 11) is 5.26. The van der Waals surface area contributed by atoms with Crippen LogP contribution in [0.4, 0.5) is 0 Å². The van der Waals surface area contributed by atoms with Crippen molar-refractivity contribution in [3.8, 4) is 5.75 Å². The molecule has 0 unspecified atom stereocenters. The largest absolute Gasteiger partial charge is 0.507 e. The number of amides is 1. The first-order chi connectivity index (χ1) is 14.2. The first kappa shape index (κ1) is 22.2. The summed E-state index contributed by atoms with van der Waals surface area (Å²) in [6, 6.07) is 10.8. The van der Waals surface area contributed by atoms with E-state index in [1.165, 1.54) is 12.0 Å². The molecule has 158 valence electrons. The average molecular weight is 449 g/mol. The molecule has 1 N–H and O–H groups in total. The summed E-state index contributed by atoms with van der Waals surface area (Å²) in [5.74, 6) is -1.16. The molecule has 1 amide bonds. The van der Waals surface area contributed by atoms with E-state index in [-0.39, 0.29) is 11.3 Å². The van der Waals surface area contributed by atoms with Gasteiger partial charge in [-0.05, 0) is 43.9 Å². The summed E-state index contributed by atoms with van der Waals surface area (Å²) in [4.78, 5) is 29.2. The zero-order valence-corrected chi connectivity index (χ0v) is 18.4. The van der Waals surface area contributed by atoms with E-state index in [0.717, 1.165) is 0 Å². The predicted molar refractivity (Wildman–Crippen MR) is 117 cm³/mol. The Kier molecular flexibility index (Phi) is 6.71. The molecule has 1 aliphatic heterocycles. The summed E-state index contributed by atoms with van der Waals surface area (Å²) >= 11 is 12.3. The highest BCUT2D eigenvalue weighted by atomic mass is 35.5. The second kappa shape index (κ2) is 9.08. The van der Waals surface area contributed by atoms with Crippen LogP contribution in [-0.4, -0.2) is 60.9 Å². The highest BCUT2D eigenvalue weighted by Gasteiger charge is 2.46. The number of aliphatic hydroxyl groups is 1. The number of ketones is 1. The number of Topliss-reactive ketones (excluding diaryl/α,β-unsaturated/α-hetero) is 1. The zero-order valence-electron chi connectivity index (χ0n) is 16.9. The van der Waals surface area contributed by atoms with Gasteiger partial charge < -0.3 is 19.6 Å². The molecule has 0 aromatic heterocycles. The molecular weight excluding hydrogens is 427 g/mol. The number of ether oxygens (including phenoxy) is 1. The predicted octanol–water partition coefficient (Wildman–Crippen LogP) is 3.99. The summed E-state index contributed by atoms with van der Waals surface area (Å²) in [6.07, 6.45) is 0. The number of nitrogens with zero attached hydrogens (tertiary/aromatic N) is 2. The number of rotatable bonds is 6.